The van der Waals surface area contributed by atoms with E-state index in [-0.39, 0.29) is 0 Å². The molecule has 3 heterocycles. The van der Waals surface area contributed by atoms with Crippen molar-refractivity contribution in [3.8, 4) is 0 Å². The minimum atomic E-state index is 0.849. The fraction of sp³-hybridized carbons (Fsp3) is 0.950. The number of nitrogens with zero attached hydrogens (tertiary/aromatic N) is 3. The summed E-state index contributed by atoms with van der Waals surface area (Å²) < 4.78 is 5.63. The van der Waals surface area contributed by atoms with Crippen LogP contribution in [0.5, 0.6) is 0 Å². The van der Waals surface area contributed by atoms with Gasteiger partial charge in [-0.3, -0.25) is 4.90 Å². The first-order chi connectivity index (χ1) is 11.9. The Bertz CT molecular complexity index is 439. The van der Waals surface area contributed by atoms with Crippen LogP contribution in [0, 0.1) is 23.9 Å². The molecule has 0 amide bonds. The summed E-state index contributed by atoms with van der Waals surface area (Å²) in [5, 5.41) is 5.38. The van der Waals surface area contributed by atoms with E-state index in [1.54, 1.807) is 6.17 Å². The summed E-state index contributed by atoms with van der Waals surface area (Å²) in [6.07, 6.45) is 14.9. The van der Waals surface area contributed by atoms with Gasteiger partial charge < -0.3 is 4.74 Å². The summed E-state index contributed by atoms with van der Waals surface area (Å²) in [7, 11) is 0. The number of likely N-dealkylation sites (tertiary alicyclic amines) is 1. The molecule has 0 aromatic carbocycles. The molecule has 24 heavy (non-hydrogen) atoms. The largest absolute Gasteiger partial charge is 0.379 e. The lowest BCUT2D eigenvalue weighted by atomic mass is 9.79. The lowest BCUT2D eigenvalue weighted by Gasteiger charge is -2.45. The van der Waals surface area contributed by atoms with E-state index in [9.17, 15) is 0 Å². The number of rotatable bonds is 2. The van der Waals surface area contributed by atoms with Crippen molar-refractivity contribution in [1.29, 1.82) is 0 Å². The minimum Gasteiger partial charge on any atom is -0.379 e. The van der Waals surface area contributed by atoms with Crippen LogP contribution in [0.25, 0.3) is 0 Å². The molecule has 4 atom stereocenters. The molecule has 135 valence electrons. The Hall–Kier alpha value is -0.160. The average molecular weight is 333 g/mol. The maximum atomic E-state index is 5.63. The fourth-order valence-corrected chi connectivity index (χ4v) is 6.38. The summed E-state index contributed by atoms with van der Waals surface area (Å²) in [5.41, 5.74) is 0. The van der Waals surface area contributed by atoms with Crippen molar-refractivity contribution < 1.29 is 4.74 Å². The van der Waals surface area contributed by atoms with E-state index in [1.807, 2.05) is 0 Å². The van der Waals surface area contributed by atoms with Crippen LogP contribution in [-0.4, -0.2) is 60.4 Å². The highest BCUT2D eigenvalue weighted by molar-refractivity contribution is 5.10. The minimum absolute atomic E-state index is 0.849. The third-order valence-corrected chi connectivity index (χ3v) is 7.55. The molecule has 2 aliphatic carbocycles. The van der Waals surface area contributed by atoms with Gasteiger partial charge in [-0.1, -0.05) is 25.7 Å². The highest BCUT2D eigenvalue weighted by atomic mass is 16.5. The van der Waals surface area contributed by atoms with Gasteiger partial charge in [-0.2, -0.15) is 0 Å². The fourth-order valence-electron chi connectivity index (χ4n) is 6.38. The molecule has 0 aromatic rings. The second-order valence-corrected chi connectivity index (χ2v) is 8.75. The van der Waals surface area contributed by atoms with Crippen LogP contribution >= 0.6 is 0 Å². The lowest BCUT2D eigenvalue weighted by Crippen LogP contribution is -2.54. The molecular formula is C20H34N3O. The number of hydrazine groups is 1. The molecule has 1 radical (unpaired) electrons. The molecule has 0 spiro atoms. The highest BCUT2D eigenvalue weighted by Gasteiger charge is 2.52. The van der Waals surface area contributed by atoms with Crippen molar-refractivity contribution in [3.05, 3.63) is 6.17 Å². The number of hydrogen-bond acceptors (Lipinski definition) is 4. The van der Waals surface area contributed by atoms with Crippen LogP contribution < -0.4 is 0 Å². The SMILES string of the molecule is C1CCC2[C](N3CCC4CCCCC43)N(N3CCOCC3)CC2C1. The van der Waals surface area contributed by atoms with Crippen molar-refractivity contribution in [2.45, 2.75) is 63.8 Å². The molecular weight excluding hydrogens is 298 g/mol. The van der Waals surface area contributed by atoms with Gasteiger partial charge in [-0.05, 0) is 49.9 Å². The predicted octanol–water partition coefficient (Wildman–Crippen LogP) is 3.11. The Morgan fingerprint density at radius 3 is 2.38 bits per heavy atom. The van der Waals surface area contributed by atoms with Crippen molar-refractivity contribution in [1.82, 2.24) is 14.9 Å². The molecule has 0 N–H and O–H groups in total. The zero-order valence-electron chi connectivity index (χ0n) is 15.2. The molecule has 5 aliphatic rings. The number of morpholine rings is 1. The Morgan fingerprint density at radius 1 is 0.750 bits per heavy atom. The second kappa shape index (κ2) is 6.86. The molecule has 0 bridgehead atoms. The number of ether oxygens (including phenoxy) is 1. The van der Waals surface area contributed by atoms with Crippen molar-refractivity contribution in [3.63, 3.8) is 0 Å². The first kappa shape index (κ1) is 16.0. The van der Waals surface area contributed by atoms with Crippen LogP contribution in [-0.2, 0) is 4.74 Å². The van der Waals surface area contributed by atoms with E-state index < -0.39 is 0 Å². The third kappa shape index (κ3) is 2.74. The normalized spacial score (nSPS) is 43.0. The van der Waals surface area contributed by atoms with Crippen LogP contribution in [0.1, 0.15) is 57.8 Å². The Morgan fingerprint density at radius 2 is 1.50 bits per heavy atom. The molecule has 2 saturated carbocycles. The topological polar surface area (TPSA) is 19.0 Å². The third-order valence-electron chi connectivity index (χ3n) is 7.55. The van der Waals surface area contributed by atoms with Crippen molar-refractivity contribution in [2.24, 2.45) is 17.8 Å². The van der Waals surface area contributed by atoms with E-state index in [1.165, 1.54) is 70.9 Å². The van der Waals surface area contributed by atoms with Gasteiger partial charge in [0.1, 0.15) is 6.17 Å². The van der Waals surface area contributed by atoms with E-state index >= 15 is 0 Å². The van der Waals surface area contributed by atoms with Gasteiger partial charge in [0, 0.05) is 32.2 Å². The van der Waals surface area contributed by atoms with Gasteiger partial charge in [0.2, 0.25) is 0 Å². The van der Waals surface area contributed by atoms with Gasteiger partial charge in [0.15, 0.2) is 0 Å². The van der Waals surface area contributed by atoms with Gasteiger partial charge in [0.05, 0.1) is 13.2 Å². The van der Waals surface area contributed by atoms with E-state index in [2.05, 4.69) is 14.9 Å². The first-order valence-corrected chi connectivity index (χ1v) is 10.7. The summed E-state index contributed by atoms with van der Waals surface area (Å²) in [6.45, 7) is 6.61. The predicted molar refractivity (Wildman–Crippen MR) is 94.9 cm³/mol. The highest BCUT2D eigenvalue weighted by Crippen LogP contribution is 2.50. The van der Waals surface area contributed by atoms with E-state index in [0.717, 1.165) is 50.1 Å². The average Bonchev–Trinajstić information content (AvgIpc) is 3.23. The van der Waals surface area contributed by atoms with Crippen LogP contribution in [0.15, 0.2) is 0 Å². The summed E-state index contributed by atoms with van der Waals surface area (Å²) >= 11 is 0. The van der Waals surface area contributed by atoms with Crippen LogP contribution in [0.3, 0.4) is 0 Å². The molecule has 3 aliphatic heterocycles. The molecule has 5 rings (SSSR count). The van der Waals surface area contributed by atoms with Crippen molar-refractivity contribution in [2.75, 3.05) is 39.4 Å². The number of fused-ring (bicyclic) bond motifs is 2. The molecule has 4 nitrogen and oxygen atoms in total. The van der Waals surface area contributed by atoms with Gasteiger partial charge >= 0.3 is 0 Å². The van der Waals surface area contributed by atoms with Crippen molar-refractivity contribution >= 4 is 0 Å². The first-order valence-electron chi connectivity index (χ1n) is 10.7. The molecule has 4 unspecified atom stereocenters. The van der Waals surface area contributed by atoms with Gasteiger partial charge in [-0.15, -0.1) is 0 Å². The lowest BCUT2D eigenvalue weighted by molar-refractivity contribution is -0.102. The van der Waals surface area contributed by atoms with Gasteiger partial charge in [0.25, 0.3) is 0 Å². The standard InChI is InChI=1S/C20H34N3O/c1-3-7-18-17(6-1)15-23(21-11-13-24-14-12-21)20(18)22-10-9-16-5-2-4-8-19(16)22/h16-19H,1-15H2. The smallest absolute Gasteiger partial charge is 0.124 e. The van der Waals surface area contributed by atoms with Crippen LogP contribution in [0.2, 0.25) is 0 Å². The zero-order chi connectivity index (χ0) is 15.9. The Balaban J connectivity index is 1.40. The maximum absolute atomic E-state index is 5.63. The molecule has 3 saturated heterocycles. The monoisotopic (exact) mass is 332 g/mol. The zero-order valence-corrected chi connectivity index (χ0v) is 15.2. The quantitative estimate of drug-likeness (QED) is 0.773. The Labute approximate surface area is 147 Å². The molecule has 5 fully saturated rings. The van der Waals surface area contributed by atoms with E-state index in [4.69, 9.17) is 4.74 Å². The number of hydrogen-bond donors (Lipinski definition) is 0. The Kier molecular flexibility index (Phi) is 4.59. The van der Waals surface area contributed by atoms with E-state index in [0.29, 0.717) is 0 Å². The maximum Gasteiger partial charge on any atom is 0.124 e. The summed E-state index contributed by atoms with van der Waals surface area (Å²) in [4.78, 5) is 2.91. The molecule has 4 heteroatoms. The molecule has 0 aromatic heterocycles. The summed E-state index contributed by atoms with van der Waals surface area (Å²) in [5.74, 6) is 2.75. The van der Waals surface area contributed by atoms with Gasteiger partial charge in [-0.25, -0.2) is 10.0 Å². The van der Waals surface area contributed by atoms with Crippen LogP contribution in [0.4, 0.5) is 0 Å². The summed E-state index contributed by atoms with van der Waals surface area (Å²) in [6, 6.07) is 0.859. The second-order valence-electron chi connectivity index (χ2n) is 8.75.